The van der Waals surface area contributed by atoms with Crippen LogP contribution in [0.2, 0.25) is 0 Å². The summed E-state index contributed by atoms with van der Waals surface area (Å²) in [6.45, 7) is 0. The van der Waals surface area contributed by atoms with Crippen molar-refractivity contribution in [3.8, 4) is 33.4 Å². The molecule has 308 valence electrons. The lowest BCUT2D eigenvalue weighted by molar-refractivity contribution is -0.00518. The van der Waals surface area contributed by atoms with Gasteiger partial charge in [0.1, 0.15) is 0 Å². The van der Waals surface area contributed by atoms with Crippen LogP contribution in [0.4, 0.5) is 17.1 Å². The molecule has 4 fully saturated rings. The summed E-state index contributed by atoms with van der Waals surface area (Å²) in [7, 11) is 0. The molecule has 1 nitrogen and oxygen atoms in total. The SMILES string of the molecule is c1ccc(-c2cccc3cccc(-c4ccc(N(c5ccc(C67CC8CC(CC(C8)C6)C7)cc5)c5cccc(C6(c7ccccc7)c7ccccc7-c7ccccc76)c5)cc4)c23)cc1. The maximum absolute atomic E-state index is 2.50. The van der Waals surface area contributed by atoms with Gasteiger partial charge in [-0.25, -0.2) is 0 Å². The summed E-state index contributed by atoms with van der Waals surface area (Å²) in [4.78, 5) is 2.50. The molecule has 0 unspecified atom stereocenters. The molecule has 0 aromatic heterocycles. The molecule has 0 atom stereocenters. The fourth-order valence-electron chi connectivity index (χ4n) is 13.7. The molecular weight excluding hydrogens is 771 g/mol. The van der Waals surface area contributed by atoms with Gasteiger partial charge < -0.3 is 4.90 Å². The summed E-state index contributed by atoms with van der Waals surface area (Å²) in [5, 5.41) is 2.54. The van der Waals surface area contributed by atoms with Crippen molar-refractivity contribution in [1.29, 1.82) is 0 Å². The minimum atomic E-state index is -0.479. The molecule has 4 bridgehead atoms. The van der Waals surface area contributed by atoms with E-state index in [1.165, 1.54) is 111 Å². The van der Waals surface area contributed by atoms with Crippen LogP contribution in [0, 0.1) is 17.8 Å². The first-order valence-corrected chi connectivity index (χ1v) is 23.6. The molecular formula is C63H51N. The largest absolute Gasteiger partial charge is 0.310 e. The van der Waals surface area contributed by atoms with Crippen LogP contribution in [0.1, 0.15) is 66.3 Å². The zero-order chi connectivity index (χ0) is 42.2. The maximum atomic E-state index is 2.50. The van der Waals surface area contributed by atoms with E-state index in [1.807, 2.05) is 0 Å². The van der Waals surface area contributed by atoms with Crippen LogP contribution < -0.4 is 4.90 Å². The van der Waals surface area contributed by atoms with E-state index in [-0.39, 0.29) is 0 Å². The highest BCUT2D eigenvalue weighted by atomic mass is 15.1. The molecule has 0 saturated heterocycles. The first kappa shape index (κ1) is 37.6. The minimum absolute atomic E-state index is 0.349. The number of anilines is 3. The number of hydrogen-bond acceptors (Lipinski definition) is 1. The Morgan fingerprint density at radius 2 is 0.812 bits per heavy atom. The summed E-state index contributed by atoms with van der Waals surface area (Å²) >= 11 is 0. The molecule has 5 aliphatic rings. The van der Waals surface area contributed by atoms with E-state index in [2.05, 4.69) is 223 Å². The van der Waals surface area contributed by atoms with E-state index >= 15 is 0 Å². The third-order valence-electron chi connectivity index (χ3n) is 15.9. The predicted octanol–water partition coefficient (Wildman–Crippen LogP) is 16.5. The van der Waals surface area contributed by atoms with Crippen molar-refractivity contribution in [2.24, 2.45) is 17.8 Å². The topological polar surface area (TPSA) is 3.24 Å². The summed E-state index contributed by atoms with van der Waals surface area (Å²) in [6.07, 6.45) is 8.50. The van der Waals surface area contributed by atoms with Gasteiger partial charge in [0, 0.05) is 17.1 Å². The highest BCUT2D eigenvalue weighted by Gasteiger charge is 2.51. The fourth-order valence-corrected chi connectivity index (χ4v) is 13.7. The number of rotatable bonds is 8. The van der Waals surface area contributed by atoms with Crippen molar-refractivity contribution in [2.45, 2.75) is 49.4 Å². The molecule has 9 aromatic carbocycles. The molecule has 4 saturated carbocycles. The Hall–Kier alpha value is -6.96. The van der Waals surface area contributed by atoms with E-state index in [0.29, 0.717) is 5.41 Å². The highest BCUT2D eigenvalue weighted by molar-refractivity contribution is 6.06. The molecule has 5 aliphatic carbocycles. The van der Waals surface area contributed by atoms with Gasteiger partial charge in [-0.3, -0.25) is 0 Å². The number of benzene rings is 9. The Kier molecular flexibility index (Phi) is 8.70. The smallest absolute Gasteiger partial charge is 0.0714 e. The Morgan fingerprint density at radius 1 is 0.344 bits per heavy atom. The molecule has 9 aromatic rings. The molecule has 1 heteroatoms. The van der Waals surface area contributed by atoms with Crippen molar-refractivity contribution in [3.63, 3.8) is 0 Å². The first-order chi connectivity index (χ1) is 31.6. The third kappa shape index (κ3) is 5.83. The Labute approximate surface area is 377 Å². The molecule has 0 amide bonds. The summed E-state index contributed by atoms with van der Waals surface area (Å²) < 4.78 is 0. The number of fused-ring (bicyclic) bond motifs is 4. The van der Waals surface area contributed by atoms with Gasteiger partial charge in [0.2, 0.25) is 0 Å². The monoisotopic (exact) mass is 821 g/mol. The van der Waals surface area contributed by atoms with Gasteiger partial charge in [-0.1, -0.05) is 182 Å². The van der Waals surface area contributed by atoms with Crippen LogP contribution in [-0.2, 0) is 10.8 Å². The van der Waals surface area contributed by atoms with E-state index in [0.717, 1.165) is 29.1 Å². The number of hydrogen-bond donors (Lipinski definition) is 0. The van der Waals surface area contributed by atoms with Crippen molar-refractivity contribution >= 4 is 27.8 Å². The second-order valence-electron chi connectivity index (χ2n) is 19.5. The van der Waals surface area contributed by atoms with Crippen molar-refractivity contribution in [3.05, 3.63) is 246 Å². The van der Waals surface area contributed by atoms with Crippen LogP contribution in [-0.4, -0.2) is 0 Å². The highest BCUT2D eigenvalue weighted by Crippen LogP contribution is 2.61. The Bertz CT molecular complexity index is 3090. The predicted molar refractivity (Wildman–Crippen MR) is 267 cm³/mol. The van der Waals surface area contributed by atoms with E-state index in [4.69, 9.17) is 0 Å². The molecule has 14 rings (SSSR count). The molecule has 0 N–H and O–H groups in total. The second-order valence-corrected chi connectivity index (χ2v) is 19.5. The Morgan fingerprint density at radius 3 is 1.41 bits per heavy atom. The first-order valence-electron chi connectivity index (χ1n) is 23.6. The van der Waals surface area contributed by atoms with Crippen LogP contribution >= 0.6 is 0 Å². The van der Waals surface area contributed by atoms with Crippen molar-refractivity contribution in [1.82, 2.24) is 0 Å². The van der Waals surface area contributed by atoms with E-state index < -0.39 is 5.41 Å². The van der Waals surface area contributed by atoms with E-state index in [9.17, 15) is 0 Å². The molecule has 64 heavy (non-hydrogen) atoms. The van der Waals surface area contributed by atoms with Crippen molar-refractivity contribution < 1.29 is 0 Å². The molecule has 0 spiro atoms. The van der Waals surface area contributed by atoms with Gasteiger partial charge in [-0.05, 0) is 170 Å². The average molecular weight is 822 g/mol. The quantitative estimate of drug-likeness (QED) is 0.148. The van der Waals surface area contributed by atoms with Crippen LogP contribution in [0.3, 0.4) is 0 Å². The van der Waals surface area contributed by atoms with Gasteiger partial charge in [-0.15, -0.1) is 0 Å². The van der Waals surface area contributed by atoms with Gasteiger partial charge in [-0.2, -0.15) is 0 Å². The maximum Gasteiger partial charge on any atom is 0.0714 e. The normalized spacial score (nSPS) is 21.1. The zero-order valence-electron chi connectivity index (χ0n) is 36.2. The fraction of sp³-hybridized carbons (Fsp3) is 0.175. The van der Waals surface area contributed by atoms with Crippen LogP contribution in [0.15, 0.2) is 218 Å². The van der Waals surface area contributed by atoms with Gasteiger partial charge >= 0.3 is 0 Å². The lowest BCUT2D eigenvalue weighted by Gasteiger charge is -2.57. The lowest BCUT2D eigenvalue weighted by atomic mass is 9.48. The summed E-state index contributed by atoms with van der Waals surface area (Å²) in [6, 6.07) is 82.2. The lowest BCUT2D eigenvalue weighted by Crippen LogP contribution is -2.48. The van der Waals surface area contributed by atoms with E-state index in [1.54, 1.807) is 5.56 Å². The minimum Gasteiger partial charge on any atom is -0.310 e. The molecule has 0 aliphatic heterocycles. The van der Waals surface area contributed by atoms with Crippen LogP contribution in [0.25, 0.3) is 44.2 Å². The molecule has 0 heterocycles. The van der Waals surface area contributed by atoms with Gasteiger partial charge in [0.05, 0.1) is 5.41 Å². The zero-order valence-corrected chi connectivity index (χ0v) is 36.2. The molecule has 0 radical (unpaired) electrons. The van der Waals surface area contributed by atoms with Gasteiger partial charge in [0.15, 0.2) is 0 Å². The van der Waals surface area contributed by atoms with Crippen LogP contribution in [0.5, 0.6) is 0 Å². The second kappa shape index (κ2) is 14.8. The Balaban J connectivity index is 0.970. The standard InChI is InChI=1S/C63H51N/c1-3-14-46(15-4-1)55-24-11-16-48-17-12-25-56(61(48)55)47-28-32-52(33-29-47)64(53-34-30-49(31-35-53)62-40-43-36-44(41-62)38-45(37-43)42-62)54-21-13-20-51(39-54)63(50-18-5-2-6-19-50)59-26-9-7-22-57(59)58-23-8-10-27-60(58)63/h1-35,39,43-45H,36-38,40-42H2. The number of nitrogens with zero attached hydrogens (tertiary/aromatic N) is 1. The third-order valence-corrected chi connectivity index (χ3v) is 15.9. The summed E-state index contributed by atoms with van der Waals surface area (Å²) in [5.41, 5.74) is 17.7. The van der Waals surface area contributed by atoms with Gasteiger partial charge in [0.25, 0.3) is 0 Å². The average Bonchev–Trinajstić information content (AvgIpc) is 3.65. The van der Waals surface area contributed by atoms with Crippen molar-refractivity contribution in [2.75, 3.05) is 4.90 Å². The summed E-state index contributed by atoms with van der Waals surface area (Å²) in [5.74, 6) is 2.74.